The van der Waals surface area contributed by atoms with Crippen LogP contribution < -0.4 is 15.6 Å². The Morgan fingerprint density at radius 3 is 2.69 bits per heavy atom. The van der Waals surface area contributed by atoms with Gasteiger partial charge in [0.15, 0.2) is 5.65 Å². The first-order chi connectivity index (χ1) is 17.5. The molecule has 2 aliphatic rings. The van der Waals surface area contributed by atoms with E-state index >= 15 is 0 Å². The first-order valence-electron chi connectivity index (χ1n) is 12.4. The summed E-state index contributed by atoms with van der Waals surface area (Å²) in [4.78, 5) is 43.8. The van der Waals surface area contributed by atoms with Gasteiger partial charge in [0, 0.05) is 50.5 Å². The molecule has 2 fully saturated rings. The number of aromatic nitrogens is 3. The molecule has 0 bridgehead atoms. The lowest BCUT2D eigenvalue weighted by atomic mass is 10.2. The van der Waals surface area contributed by atoms with Crippen LogP contribution in [-0.4, -0.2) is 89.5 Å². The minimum atomic E-state index is -0.362. The maximum absolute atomic E-state index is 13.7. The number of likely N-dealkylation sites (tertiary alicyclic amines) is 1. The topological polar surface area (TPSA) is 86.1 Å². The van der Waals surface area contributed by atoms with Crippen LogP contribution in [0.15, 0.2) is 29.2 Å². The fourth-order valence-electron chi connectivity index (χ4n) is 5.09. The van der Waals surface area contributed by atoms with Crippen LogP contribution in [0.1, 0.15) is 23.2 Å². The molecular weight excluding hydrogens is 498 g/mol. The molecular formula is C25H28ClN7O2S. The number of thiazole rings is 1. The lowest BCUT2D eigenvalue weighted by Crippen LogP contribution is -2.45. The molecule has 6 rings (SSSR count). The minimum absolute atomic E-state index is 0.136. The number of pyridine rings is 1. The molecule has 36 heavy (non-hydrogen) atoms. The summed E-state index contributed by atoms with van der Waals surface area (Å²) in [6.07, 6.45) is 3.96. The van der Waals surface area contributed by atoms with E-state index in [4.69, 9.17) is 16.6 Å². The summed E-state index contributed by atoms with van der Waals surface area (Å²) in [5.74, 6) is 0.229. The molecule has 1 amide bonds. The smallest absolute Gasteiger partial charge is 0.258 e. The monoisotopic (exact) mass is 525 g/mol. The molecule has 11 heteroatoms. The highest BCUT2D eigenvalue weighted by Crippen LogP contribution is 2.32. The van der Waals surface area contributed by atoms with Gasteiger partial charge in [-0.05, 0) is 51.2 Å². The number of halogens is 1. The van der Waals surface area contributed by atoms with Gasteiger partial charge in [-0.15, -0.1) is 11.3 Å². The van der Waals surface area contributed by atoms with Gasteiger partial charge < -0.3 is 20.0 Å². The molecule has 0 spiro atoms. The van der Waals surface area contributed by atoms with Crippen LogP contribution in [0.3, 0.4) is 0 Å². The zero-order valence-electron chi connectivity index (χ0n) is 20.2. The molecule has 0 saturated carbocycles. The van der Waals surface area contributed by atoms with Crippen LogP contribution in [0.4, 0.5) is 5.95 Å². The van der Waals surface area contributed by atoms with Crippen molar-refractivity contribution in [2.24, 2.45) is 0 Å². The SMILES string of the molecule is CN1CCN(c2ncc3c(=O)c(C(=O)NCCN4CCCC4)c4sc5ccc(Cl)cc5n4c3n2)CC1. The Kier molecular flexibility index (Phi) is 6.28. The highest BCUT2D eigenvalue weighted by Gasteiger charge is 2.25. The molecule has 9 nitrogen and oxygen atoms in total. The van der Waals surface area contributed by atoms with Crippen molar-refractivity contribution in [3.63, 3.8) is 0 Å². The number of rotatable bonds is 5. The van der Waals surface area contributed by atoms with Crippen LogP contribution in [0, 0.1) is 0 Å². The van der Waals surface area contributed by atoms with Crippen LogP contribution in [0.25, 0.3) is 26.1 Å². The van der Waals surface area contributed by atoms with Gasteiger partial charge >= 0.3 is 0 Å². The number of nitrogens with one attached hydrogen (secondary N) is 1. The molecule has 0 atom stereocenters. The third-order valence-corrected chi connectivity index (χ3v) is 8.53. The Hall–Kier alpha value is -2.79. The number of fused-ring (bicyclic) bond motifs is 5. The normalized spacial score (nSPS) is 17.6. The number of nitrogens with zero attached hydrogens (tertiary/aromatic N) is 6. The first kappa shape index (κ1) is 23.6. The number of carbonyl (C=O) groups excluding carboxylic acids is 1. The zero-order valence-corrected chi connectivity index (χ0v) is 21.7. The van der Waals surface area contributed by atoms with Crippen molar-refractivity contribution in [3.05, 3.63) is 45.2 Å². The average molecular weight is 526 g/mol. The lowest BCUT2D eigenvalue weighted by molar-refractivity contribution is 0.0950. The third-order valence-electron chi connectivity index (χ3n) is 7.15. The van der Waals surface area contributed by atoms with Gasteiger partial charge in [-0.25, -0.2) is 4.98 Å². The summed E-state index contributed by atoms with van der Waals surface area (Å²) in [6.45, 7) is 6.86. The predicted molar refractivity (Wildman–Crippen MR) is 145 cm³/mol. The summed E-state index contributed by atoms with van der Waals surface area (Å²) >= 11 is 7.77. The number of carbonyl (C=O) groups is 1. The molecule has 1 aromatic carbocycles. The van der Waals surface area contributed by atoms with Crippen LogP contribution in [-0.2, 0) is 0 Å². The maximum Gasteiger partial charge on any atom is 0.258 e. The Balaban J connectivity index is 1.47. The van der Waals surface area contributed by atoms with Crippen molar-refractivity contribution in [1.82, 2.24) is 29.5 Å². The molecule has 188 valence electrons. The van der Waals surface area contributed by atoms with E-state index in [0.29, 0.717) is 33.4 Å². The maximum atomic E-state index is 13.7. The standard InChI is InChI=1S/C25H28ClN7O2S/c1-30-10-12-32(13-11-30)25-28-15-17-21(34)20(23(35)27-6-9-31-7-2-3-8-31)24-33(22(17)29-25)18-14-16(26)4-5-19(18)36-24/h4-5,14-15H,2-3,6-13H2,1H3,(H,27,35). The number of piperazine rings is 1. The van der Waals surface area contributed by atoms with Gasteiger partial charge in [-0.3, -0.25) is 14.0 Å². The van der Waals surface area contributed by atoms with Crippen molar-refractivity contribution in [2.45, 2.75) is 12.8 Å². The number of anilines is 1. The van der Waals surface area contributed by atoms with E-state index < -0.39 is 0 Å². The van der Waals surface area contributed by atoms with Crippen molar-refractivity contribution < 1.29 is 4.79 Å². The van der Waals surface area contributed by atoms with E-state index in [9.17, 15) is 9.59 Å². The Bertz CT molecular complexity index is 1520. The molecule has 2 saturated heterocycles. The van der Waals surface area contributed by atoms with E-state index in [-0.39, 0.29) is 16.9 Å². The van der Waals surface area contributed by atoms with Crippen molar-refractivity contribution in [1.29, 1.82) is 0 Å². The molecule has 0 aliphatic carbocycles. The van der Waals surface area contributed by atoms with Gasteiger partial charge in [-0.1, -0.05) is 11.6 Å². The zero-order chi connectivity index (χ0) is 24.8. The molecule has 0 radical (unpaired) electrons. The molecule has 2 aliphatic heterocycles. The minimum Gasteiger partial charge on any atom is -0.351 e. The number of benzene rings is 1. The van der Waals surface area contributed by atoms with Crippen LogP contribution in [0.2, 0.25) is 5.02 Å². The predicted octanol–water partition coefficient (Wildman–Crippen LogP) is 2.69. The van der Waals surface area contributed by atoms with E-state index in [0.717, 1.165) is 56.0 Å². The highest BCUT2D eigenvalue weighted by atomic mass is 35.5. The molecule has 3 aromatic heterocycles. The van der Waals surface area contributed by atoms with Crippen LogP contribution >= 0.6 is 22.9 Å². The second-order valence-corrected chi connectivity index (χ2v) is 11.0. The van der Waals surface area contributed by atoms with Gasteiger partial charge in [-0.2, -0.15) is 4.98 Å². The quantitative estimate of drug-likeness (QED) is 0.429. The second kappa shape index (κ2) is 9.59. The van der Waals surface area contributed by atoms with E-state index in [1.807, 2.05) is 22.6 Å². The summed E-state index contributed by atoms with van der Waals surface area (Å²) in [6, 6.07) is 5.60. The second-order valence-electron chi connectivity index (χ2n) is 9.56. The number of amides is 1. The van der Waals surface area contributed by atoms with Gasteiger partial charge in [0.1, 0.15) is 10.4 Å². The molecule has 0 unspecified atom stereocenters. The first-order valence-corrected chi connectivity index (χ1v) is 13.6. The average Bonchev–Trinajstić information content (AvgIpc) is 3.52. The Labute approximate surface area is 217 Å². The summed E-state index contributed by atoms with van der Waals surface area (Å²) in [7, 11) is 2.10. The molecule has 5 heterocycles. The van der Waals surface area contributed by atoms with Gasteiger partial charge in [0.05, 0.1) is 15.6 Å². The van der Waals surface area contributed by atoms with Crippen LogP contribution in [0.5, 0.6) is 0 Å². The van der Waals surface area contributed by atoms with Crippen molar-refractivity contribution >= 4 is 60.9 Å². The van der Waals surface area contributed by atoms with E-state index in [2.05, 4.69) is 32.0 Å². The van der Waals surface area contributed by atoms with E-state index in [1.165, 1.54) is 24.2 Å². The number of hydrogen-bond acceptors (Lipinski definition) is 8. The Morgan fingerprint density at radius 2 is 1.92 bits per heavy atom. The van der Waals surface area contributed by atoms with Crippen molar-refractivity contribution in [2.75, 3.05) is 64.3 Å². The largest absolute Gasteiger partial charge is 0.351 e. The summed E-state index contributed by atoms with van der Waals surface area (Å²) in [5, 5.41) is 3.89. The number of hydrogen-bond donors (Lipinski definition) is 1. The number of likely N-dealkylation sites (N-methyl/N-ethyl adjacent to an activating group) is 1. The summed E-state index contributed by atoms with van der Waals surface area (Å²) in [5.41, 5.74) is 1.12. The highest BCUT2D eigenvalue weighted by molar-refractivity contribution is 7.24. The molecule has 1 N–H and O–H groups in total. The van der Waals surface area contributed by atoms with E-state index in [1.54, 1.807) is 6.20 Å². The Morgan fingerprint density at radius 1 is 1.14 bits per heavy atom. The fraction of sp³-hybridized carbons (Fsp3) is 0.440. The fourth-order valence-corrected chi connectivity index (χ4v) is 6.42. The van der Waals surface area contributed by atoms with Crippen molar-refractivity contribution in [3.8, 4) is 0 Å². The lowest BCUT2D eigenvalue weighted by Gasteiger charge is -2.32. The third kappa shape index (κ3) is 4.21. The van der Waals surface area contributed by atoms with Gasteiger partial charge in [0.2, 0.25) is 11.4 Å². The summed E-state index contributed by atoms with van der Waals surface area (Å²) < 4.78 is 2.83. The molecule has 4 aromatic rings. The van der Waals surface area contributed by atoms with Gasteiger partial charge in [0.25, 0.3) is 5.91 Å².